The van der Waals surface area contributed by atoms with E-state index in [2.05, 4.69) is 29.4 Å². The smallest absolute Gasteiger partial charge is 0.122 e. The van der Waals surface area contributed by atoms with Gasteiger partial charge in [0.05, 0.1) is 18.1 Å². The molecule has 0 atom stereocenters. The molecule has 0 fully saturated rings. The molecule has 1 aromatic carbocycles. The van der Waals surface area contributed by atoms with Crippen LogP contribution in [0.3, 0.4) is 0 Å². The molecule has 96 valence electrons. The molecular formula is C13H16ClN3O. The molecule has 1 aromatic heterocycles. The standard InChI is InChI=1S/C13H16ClN3O/c1-10-3-4-11(2)13(7-10)18-6-5-17-9-12(8-14)15-16-17/h3-4,7,9H,5-6,8H2,1-2H3. The van der Waals surface area contributed by atoms with E-state index in [1.807, 2.05) is 19.2 Å². The largest absolute Gasteiger partial charge is 0.491 e. The van der Waals surface area contributed by atoms with Crippen LogP contribution in [0.4, 0.5) is 0 Å². The fourth-order valence-corrected chi connectivity index (χ4v) is 1.74. The van der Waals surface area contributed by atoms with Crippen LogP contribution in [-0.2, 0) is 12.4 Å². The Kier molecular flexibility index (Phi) is 4.20. The second-order valence-electron chi connectivity index (χ2n) is 4.22. The monoisotopic (exact) mass is 265 g/mol. The molecule has 4 nitrogen and oxygen atoms in total. The minimum atomic E-state index is 0.387. The summed E-state index contributed by atoms with van der Waals surface area (Å²) in [6.07, 6.45) is 1.83. The van der Waals surface area contributed by atoms with Crippen molar-refractivity contribution in [3.8, 4) is 5.75 Å². The predicted octanol–water partition coefficient (Wildman–Crippen LogP) is 2.71. The van der Waals surface area contributed by atoms with Crippen LogP contribution in [0, 0.1) is 13.8 Å². The van der Waals surface area contributed by atoms with E-state index in [4.69, 9.17) is 16.3 Å². The van der Waals surface area contributed by atoms with E-state index in [1.54, 1.807) is 4.68 Å². The van der Waals surface area contributed by atoms with Gasteiger partial charge in [0.2, 0.25) is 0 Å². The van der Waals surface area contributed by atoms with Gasteiger partial charge in [-0.05, 0) is 31.0 Å². The number of hydrogen-bond acceptors (Lipinski definition) is 3. The number of rotatable bonds is 5. The van der Waals surface area contributed by atoms with E-state index < -0.39 is 0 Å². The maximum atomic E-state index is 5.74. The first-order valence-corrected chi connectivity index (χ1v) is 6.37. The summed E-state index contributed by atoms with van der Waals surface area (Å²) in [5.74, 6) is 1.31. The molecule has 0 saturated carbocycles. The lowest BCUT2D eigenvalue weighted by molar-refractivity contribution is 0.288. The zero-order valence-corrected chi connectivity index (χ0v) is 11.3. The van der Waals surface area contributed by atoms with Crippen LogP contribution in [0.5, 0.6) is 5.75 Å². The molecule has 0 spiro atoms. The maximum Gasteiger partial charge on any atom is 0.122 e. The van der Waals surface area contributed by atoms with Crippen molar-refractivity contribution in [1.82, 2.24) is 15.0 Å². The Bertz CT molecular complexity index is 525. The van der Waals surface area contributed by atoms with E-state index in [1.165, 1.54) is 5.56 Å². The molecule has 1 heterocycles. The lowest BCUT2D eigenvalue weighted by Gasteiger charge is -2.09. The first kappa shape index (κ1) is 12.9. The van der Waals surface area contributed by atoms with Crippen molar-refractivity contribution >= 4 is 11.6 Å². The molecule has 0 aliphatic rings. The summed E-state index contributed by atoms with van der Waals surface area (Å²) in [5.41, 5.74) is 3.12. The van der Waals surface area contributed by atoms with E-state index in [0.29, 0.717) is 19.0 Å². The number of alkyl halides is 1. The van der Waals surface area contributed by atoms with Gasteiger partial charge in [0.1, 0.15) is 12.4 Å². The molecule has 2 aromatic rings. The third-order valence-corrected chi connectivity index (χ3v) is 2.92. The van der Waals surface area contributed by atoms with Crippen LogP contribution in [0.2, 0.25) is 0 Å². The lowest BCUT2D eigenvalue weighted by Crippen LogP contribution is -2.09. The SMILES string of the molecule is Cc1ccc(C)c(OCCn2cc(CCl)nn2)c1. The van der Waals surface area contributed by atoms with Crippen LogP contribution in [0.1, 0.15) is 16.8 Å². The Labute approximate surface area is 112 Å². The normalized spacial score (nSPS) is 10.6. The van der Waals surface area contributed by atoms with Gasteiger partial charge in [-0.2, -0.15) is 0 Å². The molecule has 0 N–H and O–H groups in total. The lowest BCUT2D eigenvalue weighted by atomic mass is 10.1. The number of benzene rings is 1. The van der Waals surface area contributed by atoms with Gasteiger partial charge in [0, 0.05) is 6.20 Å². The van der Waals surface area contributed by atoms with Crippen molar-refractivity contribution in [3.63, 3.8) is 0 Å². The predicted molar refractivity (Wildman–Crippen MR) is 71.0 cm³/mol. The average molecular weight is 266 g/mol. The fraction of sp³-hybridized carbons (Fsp3) is 0.385. The van der Waals surface area contributed by atoms with Crippen LogP contribution in [0.25, 0.3) is 0 Å². The first-order chi connectivity index (χ1) is 8.69. The zero-order valence-electron chi connectivity index (χ0n) is 10.6. The summed E-state index contributed by atoms with van der Waals surface area (Å²) in [6, 6.07) is 6.18. The van der Waals surface area contributed by atoms with Crippen molar-refractivity contribution in [2.45, 2.75) is 26.3 Å². The van der Waals surface area contributed by atoms with Crippen molar-refractivity contribution < 1.29 is 4.74 Å². The number of aromatic nitrogens is 3. The molecule has 0 amide bonds. The molecule has 2 rings (SSSR count). The van der Waals surface area contributed by atoms with Crippen LogP contribution >= 0.6 is 11.6 Å². The second-order valence-corrected chi connectivity index (χ2v) is 4.49. The number of hydrogen-bond donors (Lipinski definition) is 0. The highest BCUT2D eigenvalue weighted by atomic mass is 35.5. The number of nitrogens with zero attached hydrogens (tertiary/aromatic N) is 3. The first-order valence-electron chi connectivity index (χ1n) is 5.84. The summed E-state index contributed by atoms with van der Waals surface area (Å²) in [6.45, 7) is 5.32. The Balaban J connectivity index is 1.90. The van der Waals surface area contributed by atoms with Crippen molar-refractivity contribution in [2.75, 3.05) is 6.61 Å². The van der Waals surface area contributed by atoms with Crippen LogP contribution in [-0.4, -0.2) is 21.6 Å². The Morgan fingerprint density at radius 2 is 2.17 bits per heavy atom. The van der Waals surface area contributed by atoms with Gasteiger partial charge in [0.25, 0.3) is 0 Å². The van der Waals surface area contributed by atoms with Gasteiger partial charge in [-0.25, -0.2) is 4.68 Å². The second kappa shape index (κ2) is 5.87. The highest BCUT2D eigenvalue weighted by Gasteiger charge is 2.02. The molecule has 0 radical (unpaired) electrons. The summed E-state index contributed by atoms with van der Waals surface area (Å²) in [5, 5.41) is 7.88. The van der Waals surface area contributed by atoms with E-state index in [0.717, 1.165) is 17.0 Å². The van der Waals surface area contributed by atoms with Gasteiger partial charge in [-0.3, -0.25) is 0 Å². The minimum absolute atomic E-state index is 0.387. The Morgan fingerprint density at radius 1 is 1.33 bits per heavy atom. The van der Waals surface area contributed by atoms with Crippen molar-refractivity contribution in [1.29, 1.82) is 0 Å². The summed E-state index contributed by atoms with van der Waals surface area (Å²) in [4.78, 5) is 0. The number of aryl methyl sites for hydroxylation is 2. The molecule has 5 heteroatoms. The third kappa shape index (κ3) is 3.23. The average Bonchev–Trinajstić information content (AvgIpc) is 2.81. The van der Waals surface area contributed by atoms with E-state index in [-0.39, 0.29) is 0 Å². The summed E-state index contributed by atoms with van der Waals surface area (Å²) in [7, 11) is 0. The minimum Gasteiger partial charge on any atom is -0.491 e. The molecule has 18 heavy (non-hydrogen) atoms. The highest BCUT2D eigenvalue weighted by Crippen LogP contribution is 2.18. The van der Waals surface area contributed by atoms with Crippen LogP contribution in [0.15, 0.2) is 24.4 Å². The van der Waals surface area contributed by atoms with Gasteiger partial charge in [0.15, 0.2) is 0 Å². The Morgan fingerprint density at radius 3 is 2.89 bits per heavy atom. The number of ether oxygens (including phenoxy) is 1. The fourth-order valence-electron chi connectivity index (χ4n) is 1.62. The molecule has 0 aliphatic heterocycles. The third-order valence-electron chi connectivity index (χ3n) is 2.64. The zero-order chi connectivity index (χ0) is 13.0. The maximum absolute atomic E-state index is 5.74. The summed E-state index contributed by atoms with van der Waals surface area (Å²) < 4.78 is 7.48. The quantitative estimate of drug-likeness (QED) is 0.781. The molecule has 0 aliphatic carbocycles. The molecular weight excluding hydrogens is 250 g/mol. The van der Waals surface area contributed by atoms with Gasteiger partial charge >= 0.3 is 0 Å². The van der Waals surface area contributed by atoms with E-state index in [9.17, 15) is 0 Å². The summed E-state index contributed by atoms with van der Waals surface area (Å²) >= 11 is 5.66. The van der Waals surface area contributed by atoms with Gasteiger partial charge in [-0.1, -0.05) is 17.3 Å². The highest BCUT2D eigenvalue weighted by molar-refractivity contribution is 6.16. The molecule has 0 saturated heterocycles. The van der Waals surface area contributed by atoms with Gasteiger partial charge in [-0.15, -0.1) is 16.7 Å². The van der Waals surface area contributed by atoms with Crippen molar-refractivity contribution in [2.24, 2.45) is 0 Å². The molecule has 0 bridgehead atoms. The Hall–Kier alpha value is -1.55. The van der Waals surface area contributed by atoms with Gasteiger partial charge < -0.3 is 4.74 Å². The van der Waals surface area contributed by atoms with E-state index >= 15 is 0 Å². The molecule has 0 unspecified atom stereocenters. The topological polar surface area (TPSA) is 39.9 Å². The van der Waals surface area contributed by atoms with Crippen LogP contribution < -0.4 is 4.74 Å². The van der Waals surface area contributed by atoms with Crippen molar-refractivity contribution in [3.05, 3.63) is 41.2 Å². The number of halogens is 1.